The number of hydrogen-bond donors (Lipinski definition) is 2. The number of hydrogen-bond acceptors (Lipinski definition) is 3. The maximum absolute atomic E-state index is 12.4. The first-order valence-electron chi connectivity index (χ1n) is 8.88. The quantitative estimate of drug-likeness (QED) is 0.790. The first-order chi connectivity index (χ1) is 10.2. The molecule has 1 saturated heterocycles. The largest absolute Gasteiger partial charge is 0.353 e. The lowest BCUT2D eigenvalue weighted by Crippen LogP contribution is -2.51. The van der Waals surface area contributed by atoms with Crippen molar-refractivity contribution < 1.29 is 4.79 Å². The van der Waals surface area contributed by atoms with Gasteiger partial charge in [0, 0.05) is 31.1 Å². The molecule has 0 aromatic carbocycles. The molecule has 4 nitrogen and oxygen atoms in total. The molecule has 1 aliphatic heterocycles. The van der Waals surface area contributed by atoms with Gasteiger partial charge in [0.25, 0.3) is 0 Å². The molecule has 4 heteroatoms. The molecule has 1 amide bonds. The highest BCUT2D eigenvalue weighted by Crippen LogP contribution is 2.30. The summed E-state index contributed by atoms with van der Waals surface area (Å²) in [5.74, 6) is 0.250. The van der Waals surface area contributed by atoms with Crippen molar-refractivity contribution in [3.63, 3.8) is 0 Å². The number of rotatable bonds is 6. The van der Waals surface area contributed by atoms with Crippen LogP contribution in [-0.4, -0.2) is 49.1 Å². The van der Waals surface area contributed by atoms with Crippen molar-refractivity contribution in [1.82, 2.24) is 15.5 Å². The zero-order chi connectivity index (χ0) is 15.1. The molecule has 0 bridgehead atoms. The fourth-order valence-electron chi connectivity index (χ4n) is 3.95. The van der Waals surface area contributed by atoms with Crippen LogP contribution in [0.4, 0.5) is 0 Å². The summed E-state index contributed by atoms with van der Waals surface area (Å²) in [6.45, 7) is 5.70. The molecular formula is C17H33N3O. The Balaban J connectivity index is 1.74. The Labute approximate surface area is 130 Å². The molecule has 2 fully saturated rings. The number of carbonyl (C=O) groups is 1. The van der Waals surface area contributed by atoms with Gasteiger partial charge in [-0.15, -0.1) is 0 Å². The average Bonchev–Trinajstić information content (AvgIpc) is 2.50. The zero-order valence-electron chi connectivity index (χ0n) is 13.9. The van der Waals surface area contributed by atoms with Crippen LogP contribution in [0.15, 0.2) is 0 Å². The van der Waals surface area contributed by atoms with Gasteiger partial charge in [-0.05, 0) is 45.7 Å². The Bertz CT molecular complexity index is 318. The Hall–Kier alpha value is -0.610. The monoisotopic (exact) mass is 295 g/mol. The minimum atomic E-state index is 0.0608. The zero-order valence-corrected chi connectivity index (χ0v) is 13.9. The van der Waals surface area contributed by atoms with E-state index in [1.807, 2.05) is 7.05 Å². The van der Waals surface area contributed by atoms with Gasteiger partial charge in [0.2, 0.25) is 5.91 Å². The van der Waals surface area contributed by atoms with Crippen molar-refractivity contribution in [2.45, 2.75) is 76.3 Å². The first kappa shape index (κ1) is 16.8. The minimum Gasteiger partial charge on any atom is -0.353 e. The summed E-state index contributed by atoms with van der Waals surface area (Å²) in [5.41, 5.74) is 0.0608. The molecule has 0 aromatic heterocycles. The fraction of sp³-hybridized carbons (Fsp3) is 0.941. The predicted molar refractivity (Wildman–Crippen MR) is 87.4 cm³/mol. The number of piperidine rings is 1. The lowest BCUT2D eigenvalue weighted by atomic mass is 9.79. The van der Waals surface area contributed by atoms with E-state index >= 15 is 0 Å². The number of likely N-dealkylation sites (tertiary alicyclic amines) is 1. The molecule has 21 heavy (non-hydrogen) atoms. The standard InChI is InChI=1S/C17H33N3O/c1-3-11-20-12-7-15(8-13-20)19-16(21)14-17(18-2)9-5-4-6-10-17/h15,18H,3-14H2,1-2H3,(H,19,21). The van der Waals surface area contributed by atoms with Crippen LogP contribution in [-0.2, 0) is 4.79 Å². The molecule has 0 aromatic rings. The molecule has 1 saturated carbocycles. The summed E-state index contributed by atoms with van der Waals surface area (Å²) in [6, 6.07) is 0.392. The van der Waals surface area contributed by atoms with Crippen LogP contribution in [0.5, 0.6) is 0 Å². The highest BCUT2D eigenvalue weighted by molar-refractivity contribution is 5.77. The van der Waals surface area contributed by atoms with Crippen LogP contribution in [0.25, 0.3) is 0 Å². The van der Waals surface area contributed by atoms with Gasteiger partial charge in [-0.3, -0.25) is 4.79 Å². The smallest absolute Gasteiger partial charge is 0.222 e. The van der Waals surface area contributed by atoms with Crippen LogP contribution in [0, 0.1) is 0 Å². The van der Waals surface area contributed by atoms with E-state index in [1.165, 1.54) is 32.2 Å². The van der Waals surface area contributed by atoms with Crippen LogP contribution in [0.1, 0.15) is 64.7 Å². The second-order valence-electron chi connectivity index (χ2n) is 6.95. The molecule has 0 unspecified atom stereocenters. The van der Waals surface area contributed by atoms with E-state index in [-0.39, 0.29) is 11.4 Å². The Morgan fingerprint density at radius 2 is 1.86 bits per heavy atom. The molecule has 2 rings (SSSR count). The van der Waals surface area contributed by atoms with Gasteiger partial charge in [0.15, 0.2) is 0 Å². The van der Waals surface area contributed by atoms with E-state index in [0.29, 0.717) is 12.5 Å². The second kappa shape index (κ2) is 8.14. The van der Waals surface area contributed by atoms with Gasteiger partial charge in [0.05, 0.1) is 0 Å². The van der Waals surface area contributed by atoms with E-state index in [4.69, 9.17) is 0 Å². The molecule has 0 radical (unpaired) electrons. The van der Waals surface area contributed by atoms with E-state index < -0.39 is 0 Å². The van der Waals surface area contributed by atoms with Crippen LogP contribution in [0.2, 0.25) is 0 Å². The Morgan fingerprint density at radius 1 is 1.19 bits per heavy atom. The van der Waals surface area contributed by atoms with Crippen molar-refractivity contribution in [3.05, 3.63) is 0 Å². The van der Waals surface area contributed by atoms with Crippen molar-refractivity contribution in [1.29, 1.82) is 0 Å². The molecule has 122 valence electrons. The molecule has 0 spiro atoms. The molecule has 1 aliphatic carbocycles. The van der Waals surface area contributed by atoms with Gasteiger partial charge >= 0.3 is 0 Å². The highest BCUT2D eigenvalue weighted by Gasteiger charge is 2.33. The summed E-state index contributed by atoms with van der Waals surface area (Å²) >= 11 is 0. The first-order valence-corrected chi connectivity index (χ1v) is 8.88. The number of amides is 1. The fourth-order valence-corrected chi connectivity index (χ4v) is 3.95. The van der Waals surface area contributed by atoms with Crippen LogP contribution in [0.3, 0.4) is 0 Å². The Kier molecular flexibility index (Phi) is 6.49. The third kappa shape index (κ3) is 4.96. The van der Waals surface area contributed by atoms with E-state index in [1.54, 1.807) is 0 Å². The predicted octanol–water partition coefficient (Wildman–Crippen LogP) is 2.29. The lowest BCUT2D eigenvalue weighted by Gasteiger charge is -2.38. The van der Waals surface area contributed by atoms with Gasteiger partial charge in [-0.2, -0.15) is 0 Å². The lowest BCUT2D eigenvalue weighted by molar-refractivity contribution is -0.123. The summed E-state index contributed by atoms with van der Waals surface area (Å²) in [7, 11) is 2.02. The third-order valence-corrected chi connectivity index (χ3v) is 5.33. The van der Waals surface area contributed by atoms with Crippen molar-refractivity contribution in [2.24, 2.45) is 0 Å². The minimum absolute atomic E-state index is 0.0608. The topological polar surface area (TPSA) is 44.4 Å². The van der Waals surface area contributed by atoms with Crippen LogP contribution < -0.4 is 10.6 Å². The number of carbonyl (C=O) groups excluding carboxylic acids is 1. The number of nitrogens with zero attached hydrogens (tertiary/aromatic N) is 1. The van der Waals surface area contributed by atoms with E-state index in [0.717, 1.165) is 38.8 Å². The summed E-state index contributed by atoms with van der Waals surface area (Å²) in [4.78, 5) is 14.9. The molecule has 2 aliphatic rings. The molecule has 0 atom stereocenters. The highest BCUT2D eigenvalue weighted by atomic mass is 16.1. The van der Waals surface area contributed by atoms with E-state index in [9.17, 15) is 4.79 Å². The van der Waals surface area contributed by atoms with Gasteiger partial charge in [-0.25, -0.2) is 0 Å². The molecule has 2 N–H and O–H groups in total. The summed E-state index contributed by atoms with van der Waals surface area (Å²) < 4.78 is 0. The summed E-state index contributed by atoms with van der Waals surface area (Å²) in [5, 5.41) is 6.72. The maximum Gasteiger partial charge on any atom is 0.222 e. The van der Waals surface area contributed by atoms with E-state index in [2.05, 4.69) is 22.5 Å². The number of nitrogens with one attached hydrogen (secondary N) is 2. The van der Waals surface area contributed by atoms with Crippen molar-refractivity contribution in [3.8, 4) is 0 Å². The van der Waals surface area contributed by atoms with Gasteiger partial charge in [-0.1, -0.05) is 26.2 Å². The SMILES string of the molecule is CCCN1CCC(NC(=O)CC2(NC)CCCCC2)CC1. The third-order valence-electron chi connectivity index (χ3n) is 5.33. The van der Waals surface area contributed by atoms with Crippen LogP contribution >= 0.6 is 0 Å². The molecule has 1 heterocycles. The summed E-state index contributed by atoms with van der Waals surface area (Å²) in [6.07, 6.45) is 10.2. The Morgan fingerprint density at radius 3 is 2.43 bits per heavy atom. The second-order valence-corrected chi connectivity index (χ2v) is 6.95. The van der Waals surface area contributed by atoms with Gasteiger partial charge in [0.1, 0.15) is 0 Å². The normalized spacial score (nSPS) is 23.9. The van der Waals surface area contributed by atoms with Gasteiger partial charge < -0.3 is 15.5 Å². The van der Waals surface area contributed by atoms with Crippen molar-refractivity contribution in [2.75, 3.05) is 26.7 Å². The van der Waals surface area contributed by atoms with Crippen molar-refractivity contribution >= 4 is 5.91 Å². The average molecular weight is 295 g/mol. The maximum atomic E-state index is 12.4. The molecular weight excluding hydrogens is 262 g/mol.